The molecule has 0 aromatic heterocycles. The van der Waals surface area contributed by atoms with Gasteiger partial charge in [-0.3, -0.25) is 13.9 Å². The Kier molecular flexibility index (Phi) is 9.31. The van der Waals surface area contributed by atoms with Gasteiger partial charge in [-0.05, 0) is 49.6 Å². The third-order valence-electron chi connectivity index (χ3n) is 6.41. The summed E-state index contributed by atoms with van der Waals surface area (Å²) in [4.78, 5) is 28.0. The van der Waals surface area contributed by atoms with Crippen LogP contribution in [0.2, 0.25) is 0 Å². The lowest BCUT2D eigenvalue weighted by Crippen LogP contribution is -2.53. The predicted molar refractivity (Wildman–Crippen MR) is 137 cm³/mol. The molecule has 1 fully saturated rings. The van der Waals surface area contributed by atoms with E-state index in [1.807, 2.05) is 0 Å². The second-order valence-corrected chi connectivity index (χ2v) is 11.0. The number of hydrogen-bond acceptors (Lipinski definition) is 5. The molecule has 1 saturated carbocycles. The molecule has 1 aliphatic rings. The summed E-state index contributed by atoms with van der Waals surface area (Å²) in [6.45, 7) is 1.01. The van der Waals surface area contributed by atoms with Crippen LogP contribution in [0.25, 0.3) is 0 Å². The first-order valence-corrected chi connectivity index (χ1v) is 13.9. The molecule has 0 bridgehead atoms. The number of para-hydroxylation sites is 1. The van der Waals surface area contributed by atoms with E-state index in [0.29, 0.717) is 11.3 Å². The van der Waals surface area contributed by atoms with Crippen LogP contribution < -0.4 is 14.4 Å². The predicted octanol–water partition coefficient (Wildman–Crippen LogP) is 3.47. The number of carbonyl (C=O) groups is 2. The fourth-order valence-corrected chi connectivity index (χ4v) is 5.22. The molecular formula is C26H34FN3O5S. The number of amides is 2. The maximum absolute atomic E-state index is 14.5. The van der Waals surface area contributed by atoms with Gasteiger partial charge in [0.15, 0.2) is 0 Å². The van der Waals surface area contributed by atoms with E-state index in [9.17, 15) is 22.4 Å². The number of ether oxygens (including phenoxy) is 1. The first kappa shape index (κ1) is 27.4. The molecule has 0 aliphatic heterocycles. The van der Waals surface area contributed by atoms with E-state index in [1.54, 1.807) is 31.2 Å². The quantitative estimate of drug-likeness (QED) is 0.519. The maximum Gasteiger partial charge on any atom is 0.244 e. The van der Waals surface area contributed by atoms with E-state index in [4.69, 9.17) is 4.74 Å². The number of rotatable bonds is 10. The Labute approximate surface area is 212 Å². The van der Waals surface area contributed by atoms with Gasteiger partial charge in [-0.2, -0.15) is 0 Å². The molecule has 2 aromatic rings. The van der Waals surface area contributed by atoms with E-state index in [-0.39, 0.29) is 24.2 Å². The minimum atomic E-state index is -4.00. The molecule has 196 valence electrons. The zero-order chi connectivity index (χ0) is 26.3. The van der Waals surface area contributed by atoms with Crippen LogP contribution >= 0.6 is 0 Å². The van der Waals surface area contributed by atoms with Crippen LogP contribution in [0.4, 0.5) is 10.1 Å². The Morgan fingerprint density at radius 3 is 2.44 bits per heavy atom. The smallest absolute Gasteiger partial charge is 0.244 e. The third kappa shape index (κ3) is 7.19. The monoisotopic (exact) mass is 519 g/mol. The largest absolute Gasteiger partial charge is 0.497 e. The summed E-state index contributed by atoms with van der Waals surface area (Å²) in [5, 5.41) is 3.04. The molecular weight excluding hydrogens is 485 g/mol. The Hall–Kier alpha value is -3.14. The summed E-state index contributed by atoms with van der Waals surface area (Å²) in [6, 6.07) is 11.6. The SMILES string of the molecule is COc1cccc(CN(C(=O)CN(c2ccccc2F)S(C)(=O)=O)C(C)C(=O)NC2CCCCC2)c1. The average Bonchev–Trinajstić information content (AvgIpc) is 2.86. The molecule has 3 rings (SSSR count). The summed E-state index contributed by atoms with van der Waals surface area (Å²) in [5.41, 5.74) is 0.478. The van der Waals surface area contributed by atoms with Gasteiger partial charge in [0.1, 0.15) is 24.2 Å². The van der Waals surface area contributed by atoms with E-state index >= 15 is 0 Å². The molecule has 0 heterocycles. The van der Waals surface area contributed by atoms with Crippen molar-refractivity contribution in [1.82, 2.24) is 10.2 Å². The molecule has 36 heavy (non-hydrogen) atoms. The van der Waals surface area contributed by atoms with Crippen molar-refractivity contribution in [3.05, 3.63) is 59.9 Å². The van der Waals surface area contributed by atoms with E-state index in [1.165, 1.54) is 30.2 Å². The minimum absolute atomic E-state index is 0.0458. The van der Waals surface area contributed by atoms with Gasteiger partial charge < -0.3 is 15.0 Å². The second-order valence-electron chi connectivity index (χ2n) is 9.11. The Morgan fingerprint density at radius 2 is 1.81 bits per heavy atom. The molecule has 1 aliphatic carbocycles. The standard InChI is InChI=1S/C26H34FN3O5S/c1-19(26(32)28-21-11-5-4-6-12-21)29(17-20-10-9-13-22(16-20)35-2)25(31)18-30(36(3,33)34)24-15-8-7-14-23(24)27/h7-10,13-16,19,21H,4-6,11-12,17-18H2,1-3H3,(H,28,32). The highest BCUT2D eigenvalue weighted by molar-refractivity contribution is 7.92. The van der Waals surface area contributed by atoms with Crippen molar-refractivity contribution in [3.63, 3.8) is 0 Å². The summed E-state index contributed by atoms with van der Waals surface area (Å²) < 4.78 is 45.6. The van der Waals surface area contributed by atoms with E-state index in [2.05, 4.69) is 5.32 Å². The number of carbonyl (C=O) groups excluding carboxylic acids is 2. The van der Waals surface area contributed by atoms with Crippen LogP contribution in [-0.2, 0) is 26.2 Å². The van der Waals surface area contributed by atoms with Crippen LogP contribution in [0.1, 0.15) is 44.6 Å². The van der Waals surface area contributed by atoms with Gasteiger partial charge in [0.2, 0.25) is 21.8 Å². The highest BCUT2D eigenvalue weighted by Gasteiger charge is 2.32. The van der Waals surface area contributed by atoms with Gasteiger partial charge in [-0.15, -0.1) is 0 Å². The molecule has 10 heteroatoms. The number of methoxy groups -OCH3 is 1. The van der Waals surface area contributed by atoms with Crippen molar-refractivity contribution in [2.45, 2.75) is 57.7 Å². The van der Waals surface area contributed by atoms with Crippen LogP contribution in [0.15, 0.2) is 48.5 Å². The van der Waals surface area contributed by atoms with Crippen LogP contribution in [-0.4, -0.2) is 57.1 Å². The number of benzene rings is 2. The number of anilines is 1. The number of nitrogens with one attached hydrogen (secondary N) is 1. The molecule has 0 spiro atoms. The minimum Gasteiger partial charge on any atom is -0.497 e. The third-order valence-corrected chi connectivity index (χ3v) is 7.53. The Morgan fingerprint density at radius 1 is 1.11 bits per heavy atom. The summed E-state index contributed by atoms with van der Waals surface area (Å²) >= 11 is 0. The lowest BCUT2D eigenvalue weighted by molar-refractivity contribution is -0.139. The van der Waals surface area contributed by atoms with Crippen molar-refractivity contribution in [2.75, 3.05) is 24.2 Å². The lowest BCUT2D eigenvalue weighted by Gasteiger charge is -2.33. The topological polar surface area (TPSA) is 96.0 Å². The second kappa shape index (κ2) is 12.2. The van der Waals surface area contributed by atoms with Gasteiger partial charge in [-0.1, -0.05) is 43.5 Å². The zero-order valence-electron chi connectivity index (χ0n) is 20.9. The van der Waals surface area contributed by atoms with Crippen LogP contribution in [0.3, 0.4) is 0 Å². The van der Waals surface area contributed by atoms with Gasteiger partial charge in [0.25, 0.3) is 0 Å². The number of hydrogen-bond donors (Lipinski definition) is 1. The van der Waals surface area contributed by atoms with Crippen molar-refractivity contribution in [2.24, 2.45) is 0 Å². The van der Waals surface area contributed by atoms with Crippen molar-refractivity contribution < 1.29 is 27.1 Å². The van der Waals surface area contributed by atoms with E-state index < -0.39 is 34.3 Å². The number of halogens is 1. The van der Waals surface area contributed by atoms with Crippen molar-refractivity contribution >= 4 is 27.5 Å². The fourth-order valence-electron chi connectivity index (χ4n) is 4.37. The van der Waals surface area contributed by atoms with Gasteiger partial charge >= 0.3 is 0 Å². The summed E-state index contributed by atoms with van der Waals surface area (Å²) in [6.07, 6.45) is 5.91. The zero-order valence-corrected chi connectivity index (χ0v) is 21.8. The Bertz CT molecular complexity index is 1170. The van der Waals surface area contributed by atoms with Gasteiger partial charge in [0, 0.05) is 12.6 Å². The van der Waals surface area contributed by atoms with Gasteiger partial charge in [-0.25, -0.2) is 12.8 Å². The molecule has 2 aromatic carbocycles. The summed E-state index contributed by atoms with van der Waals surface area (Å²) in [7, 11) is -2.47. The molecule has 1 atom stereocenters. The number of sulfonamides is 1. The molecule has 8 nitrogen and oxygen atoms in total. The van der Waals surface area contributed by atoms with Crippen molar-refractivity contribution in [3.8, 4) is 5.75 Å². The maximum atomic E-state index is 14.5. The molecule has 1 unspecified atom stereocenters. The molecule has 0 saturated heterocycles. The first-order valence-electron chi connectivity index (χ1n) is 12.0. The van der Waals surface area contributed by atoms with E-state index in [0.717, 1.165) is 48.7 Å². The normalized spacial score (nSPS) is 15.1. The average molecular weight is 520 g/mol. The Balaban J connectivity index is 1.89. The van der Waals surface area contributed by atoms with Crippen LogP contribution in [0.5, 0.6) is 5.75 Å². The first-order chi connectivity index (χ1) is 17.1. The van der Waals surface area contributed by atoms with Crippen molar-refractivity contribution in [1.29, 1.82) is 0 Å². The lowest BCUT2D eigenvalue weighted by atomic mass is 9.95. The van der Waals surface area contributed by atoms with Crippen LogP contribution in [0, 0.1) is 5.82 Å². The molecule has 0 radical (unpaired) electrons. The number of nitrogens with zero attached hydrogens (tertiary/aromatic N) is 2. The van der Waals surface area contributed by atoms with Gasteiger partial charge in [0.05, 0.1) is 19.1 Å². The highest BCUT2D eigenvalue weighted by atomic mass is 32.2. The molecule has 2 amide bonds. The fraction of sp³-hybridized carbons (Fsp3) is 0.462. The molecule has 1 N–H and O–H groups in total. The highest BCUT2D eigenvalue weighted by Crippen LogP contribution is 2.23. The summed E-state index contributed by atoms with van der Waals surface area (Å²) in [5.74, 6) is -1.12.